The third-order valence-corrected chi connectivity index (χ3v) is 6.37. The van der Waals surface area contributed by atoms with Crippen molar-refractivity contribution in [2.24, 2.45) is 0 Å². The van der Waals surface area contributed by atoms with E-state index in [-0.39, 0.29) is 5.91 Å². The lowest BCUT2D eigenvalue weighted by molar-refractivity contribution is 0.0792. The van der Waals surface area contributed by atoms with Crippen LogP contribution in [0.2, 0.25) is 0 Å². The van der Waals surface area contributed by atoms with Crippen LogP contribution in [0.1, 0.15) is 45.8 Å². The second-order valence-electron chi connectivity index (χ2n) is 7.23. The number of amides is 1. The first-order valence-electron chi connectivity index (χ1n) is 9.67. The lowest BCUT2D eigenvalue weighted by atomic mass is 9.95. The lowest BCUT2D eigenvalue weighted by Gasteiger charge is -2.19. The Bertz CT molecular complexity index is 913. The van der Waals surface area contributed by atoms with Crippen molar-refractivity contribution < 1.29 is 4.79 Å². The molecule has 0 atom stereocenters. The zero-order chi connectivity index (χ0) is 18.6. The second kappa shape index (κ2) is 8.09. The van der Waals surface area contributed by atoms with Crippen LogP contribution in [-0.2, 0) is 19.3 Å². The van der Waals surface area contributed by atoms with Gasteiger partial charge in [0.25, 0.3) is 5.91 Å². The Kier molecular flexibility index (Phi) is 5.39. The topological polar surface area (TPSA) is 49.0 Å². The van der Waals surface area contributed by atoms with E-state index in [1.54, 1.807) is 11.3 Å². The summed E-state index contributed by atoms with van der Waals surface area (Å²) in [6.45, 7) is 0.753. The number of H-pyrrole nitrogens is 1. The molecule has 2 heterocycles. The molecule has 0 saturated heterocycles. The Hall–Kier alpha value is -2.40. The number of benzene rings is 1. The van der Waals surface area contributed by atoms with E-state index < -0.39 is 0 Å². The first kappa shape index (κ1) is 18.0. The molecule has 0 aliphatic heterocycles. The molecule has 4 rings (SSSR count). The van der Waals surface area contributed by atoms with Crippen molar-refractivity contribution in [1.29, 1.82) is 0 Å². The predicted octanol–water partition coefficient (Wildman–Crippen LogP) is 4.72. The molecule has 140 valence electrons. The summed E-state index contributed by atoms with van der Waals surface area (Å²) in [6, 6.07) is 12.3. The fourth-order valence-electron chi connectivity index (χ4n) is 3.73. The molecule has 0 saturated carbocycles. The largest absolute Gasteiger partial charge is 0.342 e. The Morgan fingerprint density at radius 1 is 1.22 bits per heavy atom. The van der Waals surface area contributed by atoms with E-state index in [0.29, 0.717) is 0 Å². The second-order valence-corrected chi connectivity index (χ2v) is 8.20. The quantitative estimate of drug-likeness (QED) is 0.673. The van der Waals surface area contributed by atoms with Gasteiger partial charge in [0, 0.05) is 35.1 Å². The highest BCUT2D eigenvalue weighted by atomic mass is 32.1. The Balaban J connectivity index is 1.32. The number of hydrogen-bond acceptors (Lipinski definition) is 3. The van der Waals surface area contributed by atoms with E-state index >= 15 is 0 Å². The van der Waals surface area contributed by atoms with Gasteiger partial charge in [0.2, 0.25) is 0 Å². The maximum atomic E-state index is 12.8. The first-order chi connectivity index (χ1) is 13.2. The minimum atomic E-state index is 0.170. The van der Waals surface area contributed by atoms with Crippen LogP contribution in [0.15, 0.2) is 41.8 Å². The normalized spacial score (nSPS) is 13.4. The summed E-state index contributed by atoms with van der Waals surface area (Å²) in [5, 5.41) is 9.59. The SMILES string of the molecule is CN(CCCc1cc(-c2ccccc2)n[nH]1)C(=O)c1csc2c1CCCC2. The number of thiophene rings is 1. The lowest BCUT2D eigenvalue weighted by Crippen LogP contribution is -2.28. The molecule has 1 N–H and O–H groups in total. The van der Waals surface area contributed by atoms with E-state index in [9.17, 15) is 4.79 Å². The number of hydrogen-bond donors (Lipinski definition) is 1. The molecule has 0 fully saturated rings. The molecule has 5 heteroatoms. The summed E-state index contributed by atoms with van der Waals surface area (Å²) in [5.74, 6) is 0.170. The van der Waals surface area contributed by atoms with Crippen LogP contribution in [0.25, 0.3) is 11.3 Å². The molecule has 1 aliphatic rings. The van der Waals surface area contributed by atoms with Crippen LogP contribution in [-0.4, -0.2) is 34.6 Å². The summed E-state index contributed by atoms with van der Waals surface area (Å²) in [6.07, 6.45) is 6.47. The molecular formula is C22H25N3OS. The molecule has 1 amide bonds. The molecule has 2 aromatic heterocycles. The average molecular weight is 380 g/mol. The van der Waals surface area contributed by atoms with Crippen LogP contribution in [0.4, 0.5) is 0 Å². The van der Waals surface area contributed by atoms with Gasteiger partial charge in [0.15, 0.2) is 0 Å². The summed E-state index contributed by atoms with van der Waals surface area (Å²) >= 11 is 1.76. The van der Waals surface area contributed by atoms with Crippen LogP contribution in [0.3, 0.4) is 0 Å². The van der Waals surface area contributed by atoms with Gasteiger partial charge in [-0.3, -0.25) is 9.89 Å². The highest BCUT2D eigenvalue weighted by molar-refractivity contribution is 7.10. The van der Waals surface area contributed by atoms with Crippen molar-refractivity contribution in [3.63, 3.8) is 0 Å². The number of nitrogens with zero attached hydrogens (tertiary/aromatic N) is 2. The Labute approximate surface area is 164 Å². The van der Waals surface area contributed by atoms with Crippen molar-refractivity contribution in [2.75, 3.05) is 13.6 Å². The van der Waals surface area contributed by atoms with Crippen molar-refractivity contribution in [3.05, 3.63) is 63.5 Å². The van der Waals surface area contributed by atoms with Gasteiger partial charge in [-0.1, -0.05) is 30.3 Å². The van der Waals surface area contributed by atoms with E-state index in [4.69, 9.17) is 0 Å². The molecule has 4 nitrogen and oxygen atoms in total. The maximum Gasteiger partial charge on any atom is 0.254 e. The number of aromatic nitrogens is 2. The summed E-state index contributed by atoms with van der Waals surface area (Å²) < 4.78 is 0. The van der Waals surface area contributed by atoms with Crippen LogP contribution >= 0.6 is 11.3 Å². The minimum Gasteiger partial charge on any atom is -0.342 e. The molecule has 27 heavy (non-hydrogen) atoms. The molecule has 3 aromatic rings. The van der Waals surface area contributed by atoms with E-state index in [0.717, 1.165) is 54.7 Å². The number of carbonyl (C=O) groups excluding carboxylic acids is 1. The summed E-state index contributed by atoms with van der Waals surface area (Å²) in [5.41, 5.74) is 5.45. The van der Waals surface area contributed by atoms with Gasteiger partial charge in [0.05, 0.1) is 11.3 Å². The maximum absolute atomic E-state index is 12.8. The van der Waals surface area contributed by atoms with Crippen molar-refractivity contribution in [3.8, 4) is 11.3 Å². The predicted molar refractivity (Wildman–Crippen MR) is 110 cm³/mol. The average Bonchev–Trinajstić information content (AvgIpc) is 3.35. The van der Waals surface area contributed by atoms with E-state index in [2.05, 4.69) is 33.8 Å². The number of fused-ring (bicyclic) bond motifs is 1. The van der Waals surface area contributed by atoms with Gasteiger partial charge < -0.3 is 4.90 Å². The van der Waals surface area contributed by atoms with Crippen molar-refractivity contribution in [1.82, 2.24) is 15.1 Å². The Morgan fingerprint density at radius 3 is 2.89 bits per heavy atom. The third-order valence-electron chi connectivity index (χ3n) is 5.28. The van der Waals surface area contributed by atoms with Crippen LogP contribution < -0.4 is 0 Å². The third kappa shape index (κ3) is 3.98. The zero-order valence-corrected chi connectivity index (χ0v) is 16.5. The number of carbonyl (C=O) groups is 1. The molecular weight excluding hydrogens is 354 g/mol. The fraction of sp³-hybridized carbons (Fsp3) is 0.364. The van der Waals surface area contributed by atoms with Crippen LogP contribution in [0.5, 0.6) is 0 Å². The van der Waals surface area contributed by atoms with Gasteiger partial charge in [-0.2, -0.15) is 5.10 Å². The smallest absolute Gasteiger partial charge is 0.254 e. The zero-order valence-electron chi connectivity index (χ0n) is 15.7. The monoisotopic (exact) mass is 379 g/mol. The molecule has 1 aromatic carbocycles. The van der Waals surface area contributed by atoms with Gasteiger partial charge in [-0.05, 0) is 50.2 Å². The highest BCUT2D eigenvalue weighted by Gasteiger charge is 2.22. The first-order valence-corrected chi connectivity index (χ1v) is 10.5. The highest BCUT2D eigenvalue weighted by Crippen LogP contribution is 2.30. The Morgan fingerprint density at radius 2 is 2.04 bits per heavy atom. The van der Waals surface area contributed by atoms with E-state index in [1.165, 1.54) is 23.3 Å². The number of nitrogens with one attached hydrogen (secondary N) is 1. The van der Waals surface area contributed by atoms with Gasteiger partial charge in [-0.25, -0.2) is 0 Å². The standard InChI is InChI=1S/C22H25N3OS/c1-25(22(26)19-15-27-21-12-6-5-11-18(19)21)13-7-10-17-14-20(24-23-17)16-8-3-2-4-9-16/h2-4,8-9,14-15H,5-7,10-13H2,1H3,(H,23,24). The molecule has 1 aliphatic carbocycles. The summed E-state index contributed by atoms with van der Waals surface area (Å²) in [7, 11) is 1.91. The van der Waals surface area contributed by atoms with Gasteiger partial charge in [-0.15, -0.1) is 11.3 Å². The molecule has 0 unspecified atom stereocenters. The van der Waals surface area contributed by atoms with Crippen molar-refractivity contribution in [2.45, 2.75) is 38.5 Å². The fourth-order valence-corrected chi connectivity index (χ4v) is 4.85. The molecule has 0 radical (unpaired) electrons. The van der Waals surface area contributed by atoms with E-state index in [1.807, 2.05) is 30.1 Å². The molecule has 0 bridgehead atoms. The molecule has 0 spiro atoms. The van der Waals surface area contributed by atoms with Crippen molar-refractivity contribution >= 4 is 17.2 Å². The van der Waals surface area contributed by atoms with Gasteiger partial charge >= 0.3 is 0 Å². The van der Waals surface area contributed by atoms with Crippen LogP contribution in [0, 0.1) is 0 Å². The van der Waals surface area contributed by atoms with Gasteiger partial charge in [0.1, 0.15) is 0 Å². The number of aryl methyl sites for hydroxylation is 2. The summed E-state index contributed by atoms with van der Waals surface area (Å²) in [4.78, 5) is 16.1. The number of rotatable bonds is 6. The number of aromatic amines is 1. The minimum absolute atomic E-state index is 0.170.